The highest BCUT2D eigenvalue weighted by atomic mass is 32.1. The molecule has 0 spiro atoms. The van der Waals surface area contributed by atoms with Crippen LogP contribution in [0.2, 0.25) is 0 Å². The Labute approximate surface area is 184 Å². The number of rotatable bonds is 5. The highest BCUT2D eigenvalue weighted by molar-refractivity contribution is 7.14. The van der Waals surface area contributed by atoms with Crippen LogP contribution in [0.4, 0.5) is 0 Å². The molecule has 0 unspecified atom stereocenters. The molecule has 1 N–H and O–H groups in total. The van der Waals surface area contributed by atoms with E-state index in [1.165, 1.54) is 23.3 Å². The fourth-order valence-electron chi connectivity index (χ4n) is 3.74. The first-order chi connectivity index (χ1) is 15.3. The van der Waals surface area contributed by atoms with Crippen molar-refractivity contribution in [3.05, 3.63) is 88.0 Å². The maximum atomic E-state index is 12.6. The van der Waals surface area contributed by atoms with Gasteiger partial charge in [0.2, 0.25) is 0 Å². The smallest absolute Gasteiger partial charge is 0.266 e. The number of hydrazone groups is 1. The molecule has 4 aromatic rings. The van der Waals surface area contributed by atoms with E-state index in [4.69, 9.17) is 5.10 Å². The Balaban J connectivity index is 1.40. The van der Waals surface area contributed by atoms with E-state index in [1.54, 1.807) is 34.6 Å². The first-order valence-electron chi connectivity index (χ1n) is 10.3. The van der Waals surface area contributed by atoms with Gasteiger partial charge in [0.05, 0.1) is 16.8 Å². The van der Waals surface area contributed by atoms with Gasteiger partial charge in [-0.3, -0.25) is 9.78 Å². The van der Waals surface area contributed by atoms with Gasteiger partial charge in [0.15, 0.2) is 0 Å². The number of carbonyl (C=O) groups excluding carboxylic acids is 1. The number of nitrogens with zero attached hydrogens (tertiary/aromatic N) is 4. The van der Waals surface area contributed by atoms with Crippen molar-refractivity contribution >= 4 is 23.5 Å². The number of hydrogen-bond donors (Lipinski definition) is 1. The van der Waals surface area contributed by atoms with Crippen LogP contribution in [-0.4, -0.2) is 26.9 Å². The second-order valence-corrected chi connectivity index (χ2v) is 8.56. The van der Waals surface area contributed by atoms with Crippen LogP contribution in [0.3, 0.4) is 0 Å². The summed E-state index contributed by atoms with van der Waals surface area (Å²) < 4.78 is 1.80. The Morgan fingerprint density at radius 3 is 2.81 bits per heavy atom. The number of fused-ring (bicyclic) bond motifs is 1. The van der Waals surface area contributed by atoms with E-state index in [0.717, 1.165) is 40.2 Å². The van der Waals surface area contributed by atoms with Gasteiger partial charge in [0, 0.05) is 34.6 Å². The average Bonchev–Trinajstić information content (AvgIpc) is 3.45. The van der Waals surface area contributed by atoms with Gasteiger partial charge in [-0.05, 0) is 61.6 Å². The van der Waals surface area contributed by atoms with Crippen LogP contribution in [-0.2, 0) is 12.8 Å². The minimum Gasteiger partial charge on any atom is -0.266 e. The van der Waals surface area contributed by atoms with Crippen molar-refractivity contribution in [2.24, 2.45) is 5.10 Å². The first-order valence-corrected chi connectivity index (χ1v) is 11.1. The van der Waals surface area contributed by atoms with Gasteiger partial charge in [0.1, 0.15) is 5.69 Å². The molecule has 1 amide bonds. The molecule has 0 saturated carbocycles. The topological polar surface area (TPSA) is 72.2 Å². The lowest BCUT2D eigenvalue weighted by atomic mass is 9.99. The van der Waals surface area contributed by atoms with Gasteiger partial charge < -0.3 is 0 Å². The van der Waals surface area contributed by atoms with Gasteiger partial charge in [-0.2, -0.15) is 10.2 Å². The normalized spacial score (nSPS) is 13.3. The lowest BCUT2D eigenvalue weighted by Gasteiger charge is -2.08. The third-order valence-electron chi connectivity index (χ3n) is 5.29. The molecule has 3 aromatic heterocycles. The molecule has 7 heteroatoms. The number of hydrogen-bond acceptors (Lipinski definition) is 5. The zero-order chi connectivity index (χ0) is 21.0. The fraction of sp³-hybridized carbons (Fsp3) is 0.167. The number of nitrogens with one attached hydrogen (secondary N) is 1. The lowest BCUT2D eigenvalue weighted by molar-refractivity contribution is 0.0959. The fourth-order valence-corrected chi connectivity index (χ4v) is 4.88. The van der Waals surface area contributed by atoms with E-state index in [-0.39, 0.29) is 5.91 Å². The summed E-state index contributed by atoms with van der Waals surface area (Å²) in [5.41, 5.74) is 7.36. The number of amides is 1. The minimum atomic E-state index is -0.172. The number of carbonyl (C=O) groups is 1. The molecule has 1 aromatic carbocycles. The van der Waals surface area contributed by atoms with Gasteiger partial charge >= 0.3 is 0 Å². The summed E-state index contributed by atoms with van der Waals surface area (Å²) in [7, 11) is 0. The van der Waals surface area contributed by atoms with Crippen LogP contribution in [0, 0.1) is 0 Å². The molecule has 31 heavy (non-hydrogen) atoms. The maximum absolute atomic E-state index is 12.6. The number of aryl methyl sites for hydroxylation is 2. The zero-order valence-electron chi connectivity index (χ0n) is 16.9. The second kappa shape index (κ2) is 8.65. The predicted octanol–water partition coefficient (Wildman–Crippen LogP) is 4.64. The highest BCUT2D eigenvalue weighted by Gasteiger charge is 2.17. The number of para-hydroxylation sites is 1. The van der Waals surface area contributed by atoms with Crippen LogP contribution < -0.4 is 5.43 Å². The van der Waals surface area contributed by atoms with E-state index in [0.29, 0.717) is 0 Å². The van der Waals surface area contributed by atoms with E-state index < -0.39 is 0 Å². The summed E-state index contributed by atoms with van der Waals surface area (Å²) in [6.07, 6.45) is 11.6. The van der Waals surface area contributed by atoms with Crippen molar-refractivity contribution in [3.63, 3.8) is 0 Å². The van der Waals surface area contributed by atoms with Gasteiger partial charge in [0.25, 0.3) is 5.91 Å². The van der Waals surface area contributed by atoms with Crippen LogP contribution in [0.1, 0.15) is 38.5 Å². The summed E-state index contributed by atoms with van der Waals surface area (Å²) in [5.74, 6) is -0.172. The quantitative estimate of drug-likeness (QED) is 0.373. The van der Waals surface area contributed by atoms with E-state index in [1.807, 2.05) is 54.7 Å². The SMILES string of the molecule is O=C(NN=Cc1cn(-c2ccccc2)nc1-c1cccnc1)c1cc2c(s1)CCCC2. The summed E-state index contributed by atoms with van der Waals surface area (Å²) >= 11 is 1.58. The van der Waals surface area contributed by atoms with Crippen molar-refractivity contribution in [1.82, 2.24) is 20.2 Å². The highest BCUT2D eigenvalue weighted by Crippen LogP contribution is 2.29. The Kier molecular flexibility index (Phi) is 5.41. The molecule has 5 rings (SSSR count). The van der Waals surface area contributed by atoms with Crippen molar-refractivity contribution in [2.75, 3.05) is 0 Å². The van der Waals surface area contributed by atoms with Gasteiger partial charge in [-0.25, -0.2) is 10.1 Å². The average molecular weight is 428 g/mol. The number of thiophene rings is 1. The monoisotopic (exact) mass is 427 g/mol. The molecule has 0 saturated heterocycles. The molecule has 6 nitrogen and oxygen atoms in total. The van der Waals surface area contributed by atoms with Crippen LogP contribution >= 0.6 is 11.3 Å². The van der Waals surface area contributed by atoms with Crippen LogP contribution in [0.15, 0.2) is 72.2 Å². The molecule has 1 aliphatic rings. The third kappa shape index (κ3) is 4.18. The van der Waals surface area contributed by atoms with Crippen molar-refractivity contribution < 1.29 is 4.79 Å². The third-order valence-corrected chi connectivity index (χ3v) is 6.52. The molecule has 0 bridgehead atoms. The minimum absolute atomic E-state index is 0.172. The van der Waals surface area contributed by atoms with Gasteiger partial charge in [-0.15, -0.1) is 11.3 Å². The molecule has 3 heterocycles. The van der Waals surface area contributed by atoms with Crippen LogP contribution in [0.5, 0.6) is 0 Å². The zero-order valence-corrected chi connectivity index (χ0v) is 17.7. The summed E-state index contributed by atoms with van der Waals surface area (Å²) in [4.78, 5) is 18.8. The van der Waals surface area contributed by atoms with Gasteiger partial charge in [-0.1, -0.05) is 18.2 Å². The standard InChI is InChI=1S/C24H21N5OS/c30-24(22-13-17-7-4-5-11-21(17)31-22)27-26-15-19-16-29(20-9-2-1-3-10-20)28-23(19)18-8-6-12-25-14-18/h1-3,6,8-10,12-16H,4-5,7,11H2,(H,27,30). The Morgan fingerprint density at radius 1 is 1.13 bits per heavy atom. The molecule has 0 aliphatic heterocycles. The maximum Gasteiger partial charge on any atom is 0.281 e. The van der Waals surface area contributed by atoms with E-state index >= 15 is 0 Å². The van der Waals surface area contributed by atoms with E-state index in [9.17, 15) is 4.79 Å². The molecule has 1 aliphatic carbocycles. The second-order valence-electron chi connectivity index (χ2n) is 7.42. The van der Waals surface area contributed by atoms with Crippen molar-refractivity contribution in [2.45, 2.75) is 25.7 Å². The number of benzene rings is 1. The van der Waals surface area contributed by atoms with E-state index in [2.05, 4.69) is 15.5 Å². The molecular weight excluding hydrogens is 406 g/mol. The van der Waals surface area contributed by atoms with Crippen LogP contribution in [0.25, 0.3) is 16.9 Å². The Hall–Kier alpha value is -3.58. The summed E-state index contributed by atoms with van der Waals surface area (Å²) in [5, 5.41) is 8.95. The Morgan fingerprint density at radius 2 is 2.00 bits per heavy atom. The largest absolute Gasteiger partial charge is 0.281 e. The number of aromatic nitrogens is 3. The number of pyridine rings is 1. The lowest BCUT2D eigenvalue weighted by Crippen LogP contribution is -2.16. The molecular formula is C24H21N5OS. The predicted molar refractivity (Wildman–Crippen MR) is 123 cm³/mol. The summed E-state index contributed by atoms with van der Waals surface area (Å²) in [6.45, 7) is 0. The van der Waals surface area contributed by atoms with Crippen molar-refractivity contribution in [1.29, 1.82) is 0 Å². The molecule has 154 valence electrons. The first kappa shape index (κ1) is 19.4. The molecule has 0 fully saturated rings. The Bertz CT molecular complexity index is 1200. The van der Waals surface area contributed by atoms with Crippen molar-refractivity contribution in [3.8, 4) is 16.9 Å². The summed E-state index contributed by atoms with van der Waals surface area (Å²) in [6, 6.07) is 15.7. The molecule has 0 radical (unpaired) electrons. The molecule has 0 atom stereocenters.